The average Bonchev–Trinajstić information content (AvgIpc) is 4.04. The van der Waals surface area contributed by atoms with Gasteiger partial charge in [0.2, 0.25) is 0 Å². The fraction of sp³-hybridized carbons (Fsp3) is 0. The van der Waals surface area contributed by atoms with E-state index in [9.17, 15) is 5.26 Å². The number of nitrogens with zero attached hydrogens (tertiary/aromatic N) is 3. The van der Waals surface area contributed by atoms with Crippen LogP contribution < -0.4 is 0 Å². The fourth-order valence-electron chi connectivity index (χ4n) is 10.1. The van der Waals surface area contributed by atoms with Crippen LogP contribution in [0.25, 0.3) is 120 Å². The van der Waals surface area contributed by atoms with Gasteiger partial charge in [0.25, 0.3) is 0 Å². The zero-order chi connectivity index (χ0) is 43.0. The van der Waals surface area contributed by atoms with E-state index >= 15 is 0 Å². The summed E-state index contributed by atoms with van der Waals surface area (Å²) in [7, 11) is 0. The van der Waals surface area contributed by atoms with Crippen LogP contribution in [0.1, 0.15) is 5.56 Å². The van der Waals surface area contributed by atoms with Crippen molar-refractivity contribution in [2.24, 2.45) is 0 Å². The normalized spacial score (nSPS) is 11.7. The molecular formula is C61H37N3S. The number of thiophene rings is 1. The van der Waals surface area contributed by atoms with Crippen molar-refractivity contribution in [2.75, 3.05) is 0 Å². The first-order valence-electron chi connectivity index (χ1n) is 22.0. The third-order valence-corrected chi connectivity index (χ3v) is 14.3. The van der Waals surface area contributed by atoms with Crippen LogP contribution in [-0.4, -0.2) is 9.13 Å². The summed E-state index contributed by atoms with van der Waals surface area (Å²) in [6, 6.07) is 83.3. The Hall–Kier alpha value is -8.49. The van der Waals surface area contributed by atoms with Crippen LogP contribution in [0.4, 0.5) is 0 Å². The van der Waals surface area contributed by atoms with Crippen LogP contribution >= 0.6 is 11.3 Å². The van der Waals surface area contributed by atoms with Gasteiger partial charge in [-0.3, -0.25) is 0 Å². The molecular weight excluding hydrogens is 807 g/mol. The molecule has 0 aliphatic heterocycles. The van der Waals surface area contributed by atoms with E-state index in [-0.39, 0.29) is 0 Å². The van der Waals surface area contributed by atoms with Crippen LogP contribution in [0.5, 0.6) is 0 Å². The van der Waals surface area contributed by atoms with Crippen molar-refractivity contribution in [1.29, 1.82) is 5.26 Å². The number of aromatic nitrogens is 2. The van der Waals surface area contributed by atoms with Crippen LogP contribution in [0.3, 0.4) is 0 Å². The van der Waals surface area contributed by atoms with Gasteiger partial charge < -0.3 is 9.13 Å². The lowest BCUT2D eigenvalue weighted by molar-refractivity contribution is 1.16. The highest BCUT2D eigenvalue weighted by atomic mass is 32.1. The maximum atomic E-state index is 11.5. The topological polar surface area (TPSA) is 33.6 Å². The van der Waals surface area contributed by atoms with Gasteiger partial charge in [-0.15, -0.1) is 11.3 Å². The van der Waals surface area contributed by atoms with Crippen molar-refractivity contribution in [3.05, 3.63) is 230 Å². The molecule has 0 aliphatic carbocycles. The minimum absolute atomic E-state index is 0.619. The summed E-state index contributed by atoms with van der Waals surface area (Å²) in [6.45, 7) is 0. The third kappa shape index (κ3) is 5.87. The molecule has 0 saturated heterocycles. The summed E-state index contributed by atoms with van der Waals surface area (Å²) >= 11 is 1.77. The van der Waals surface area contributed by atoms with E-state index in [1.807, 2.05) is 0 Å². The number of benzene rings is 10. The summed E-state index contributed by atoms with van der Waals surface area (Å²) in [6.07, 6.45) is 0. The average molecular weight is 844 g/mol. The Morgan fingerprint density at radius 2 is 0.708 bits per heavy atom. The van der Waals surface area contributed by atoms with Gasteiger partial charge in [-0.2, -0.15) is 5.26 Å². The highest BCUT2D eigenvalue weighted by Crippen LogP contribution is 2.48. The van der Waals surface area contributed by atoms with E-state index in [0.29, 0.717) is 5.56 Å². The molecule has 0 N–H and O–H groups in total. The highest BCUT2D eigenvalue weighted by molar-refractivity contribution is 7.26. The molecule has 0 bridgehead atoms. The molecule has 0 spiro atoms. The molecule has 0 unspecified atom stereocenters. The van der Waals surface area contributed by atoms with Gasteiger partial charge in [0, 0.05) is 37.0 Å². The van der Waals surface area contributed by atoms with Gasteiger partial charge in [0.1, 0.15) is 6.07 Å². The molecule has 302 valence electrons. The Kier molecular flexibility index (Phi) is 8.46. The number of nitriles is 1. The van der Waals surface area contributed by atoms with Crippen molar-refractivity contribution in [3.63, 3.8) is 0 Å². The summed E-state index contributed by atoms with van der Waals surface area (Å²) in [4.78, 5) is 0. The van der Waals surface area contributed by atoms with E-state index in [4.69, 9.17) is 0 Å². The van der Waals surface area contributed by atoms with Crippen molar-refractivity contribution < 1.29 is 0 Å². The molecule has 3 aromatic heterocycles. The first kappa shape index (κ1) is 37.1. The fourth-order valence-corrected chi connectivity index (χ4v) is 11.4. The van der Waals surface area contributed by atoms with Gasteiger partial charge in [-0.1, -0.05) is 164 Å². The summed E-state index contributed by atoms with van der Waals surface area (Å²) in [5.74, 6) is 0. The molecule has 0 amide bonds. The van der Waals surface area contributed by atoms with Gasteiger partial charge in [0.05, 0.1) is 43.7 Å². The number of fused-ring (bicyclic) bond motifs is 9. The maximum absolute atomic E-state index is 11.5. The largest absolute Gasteiger partial charge is 0.309 e. The Bertz CT molecular complexity index is 3850. The molecule has 10 aromatic carbocycles. The summed E-state index contributed by atoms with van der Waals surface area (Å²) in [5.41, 5.74) is 16.2. The second kappa shape index (κ2) is 14.8. The molecule has 13 aromatic rings. The molecule has 65 heavy (non-hydrogen) atoms. The number of hydrogen-bond donors (Lipinski definition) is 0. The number of rotatable bonds is 6. The maximum Gasteiger partial charge on any atom is 0.101 e. The second-order valence-electron chi connectivity index (χ2n) is 16.8. The Balaban J connectivity index is 1.13. The molecule has 3 heterocycles. The van der Waals surface area contributed by atoms with E-state index in [1.54, 1.807) is 11.3 Å². The van der Waals surface area contributed by atoms with Crippen LogP contribution in [0, 0.1) is 11.3 Å². The Morgan fingerprint density at radius 1 is 0.338 bits per heavy atom. The molecule has 0 fully saturated rings. The first-order chi connectivity index (χ1) is 32.2. The lowest BCUT2D eigenvalue weighted by Gasteiger charge is -2.17. The zero-order valence-corrected chi connectivity index (χ0v) is 35.9. The zero-order valence-electron chi connectivity index (χ0n) is 35.1. The number of hydrogen-bond acceptors (Lipinski definition) is 2. The predicted molar refractivity (Wildman–Crippen MR) is 274 cm³/mol. The molecule has 0 aliphatic rings. The Morgan fingerprint density at radius 3 is 1.11 bits per heavy atom. The van der Waals surface area contributed by atoms with E-state index < -0.39 is 0 Å². The van der Waals surface area contributed by atoms with E-state index in [2.05, 4.69) is 240 Å². The quantitative estimate of drug-likeness (QED) is 0.164. The minimum Gasteiger partial charge on any atom is -0.309 e. The van der Waals surface area contributed by atoms with Gasteiger partial charge in [-0.25, -0.2) is 0 Å². The van der Waals surface area contributed by atoms with Crippen molar-refractivity contribution in [1.82, 2.24) is 9.13 Å². The monoisotopic (exact) mass is 843 g/mol. The lowest BCUT2D eigenvalue weighted by atomic mass is 10.0. The third-order valence-electron chi connectivity index (χ3n) is 13.1. The standard InChI is InChI=1S/C61H37N3S/c62-38-47-37-57(63-53-29-25-43(39-15-5-1-6-16-39)33-49(53)50-34-44(26-30-54(50)63)40-17-7-2-8-18-40)59-48-23-13-14-24-58(48)65-61(59)60(47)64-55-31-27-45(41-19-9-3-10-20-41)35-51(55)52-36-46(28-32-56(52)64)42-21-11-4-12-22-42/h1-37H. The van der Waals surface area contributed by atoms with Gasteiger partial charge >= 0.3 is 0 Å². The lowest BCUT2D eigenvalue weighted by Crippen LogP contribution is -2.02. The smallest absolute Gasteiger partial charge is 0.101 e. The molecule has 4 heteroatoms. The summed E-state index contributed by atoms with van der Waals surface area (Å²) < 4.78 is 7.02. The van der Waals surface area contributed by atoms with Gasteiger partial charge in [0.15, 0.2) is 0 Å². The predicted octanol–water partition coefficient (Wildman–Crippen LogP) is 16.8. The molecule has 0 saturated carbocycles. The first-order valence-corrected chi connectivity index (χ1v) is 22.8. The van der Waals surface area contributed by atoms with Crippen LogP contribution in [-0.2, 0) is 0 Å². The minimum atomic E-state index is 0.619. The van der Waals surface area contributed by atoms with E-state index in [0.717, 1.165) is 65.4 Å². The van der Waals surface area contributed by atoms with Crippen molar-refractivity contribution >= 4 is 75.1 Å². The van der Waals surface area contributed by atoms with Crippen LogP contribution in [0.2, 0.25) is 0 Å². The highest BCUT2D eigenvalue weighted by Gasteiger charge is 2.26. The van der Waals surface area contributed by atoms with Crippen molar-refractivity contribution in [2.45, 2.75) is 0 Å². The molecule has 3 nitrogen and oxygen atoms in total. The molecule has 0 radical (unpaired) electrons. The van der Waals surface area contributed by atoms with Crippen LogP contribution in [0.15, 0.2) is 224 Å². The molecule has 0 atom stereocenters. The van der Waals surface area contributed by atoms with Crippen molar-refractivity contribution in [3.8, 4) is 62.0 Å². The SMILES string of the molecule is N#Cc1cc(-n2c3ccc(-c4ccccc4)cc3c3cc(-c4ccccc4)ccc32)c2c(sc3ccccc32)c1-n1c2ccc(-c3ccccc3)cc2c2cc(-c3ccccc3)ccc21. The summed E-state index contributed by atoms with van der Waals surface area (Å²) in [5, 5.41) is 18.4. The van der Waals surface area contributed by atoms with Gasteiger partial charge in [-0.05, 0) is 105 Å². The Labute approximate surface area is 379 Å². The molecule has 13 rings (SSSR count). The second-order valence-corrected chi connectivity index (χ2v) is 17.8. The van der Waals surface area contributed by atoms with E-state index in [1.165, 1.54) is 54.2 Å².